The minimum absolute atomic E-state index is 3.79. The molecule has 0 aromatic heterocycles. The van der Waals surface area contributed by atoms with Gasteiger partial charge in [0.1, 0.15) is 0 Å². The summed E-state index contributed by atoms with van der Waals surface area (Å²) in [6, 6.07) is 0. The molecule has 0 saturated carbocycles. The van der Waals surface area contributed by atoms with Gasteiger partial charge in [0.25, 0.3) is 6.43 Å². The molecule has 0 aliphatic carbocycles. The molecular weight excluding hydrogens is 226 g/mol. The van der Waals surface area contributed by atoms with Gasteiger partial charge in [-0.1, -0.05) is 0 Å². The summed E-state index contributed by atoms with van der Waals surface area (Å²) in [5, 5.41) is 0. The molecular formula is C5H5F8N. The van der Waals surface area contributed by atoms with E-state index in [0.717, 1.165) is 0 Å². The van der Waals surface area contributed by atoms with Gasteiger partial charge in [0.15, 0.2) is 0 Å². The Balaban J connectivity index is 4.93. The molecule has 0 bridgehead atoms. The highest BCUT2D eigenvalue weighted by Crippen LogP contribution is 2.42. The van der Waals surface area contributed by atoms with Crippen molar-refractivity contribution in [1.82, 2.24) is 0 Å². The van der Waals surface area contributed by atoms with Gasteiger partial charge in [-0.15, -0.1) is 0 Å². The molecule has 1 nitrogen and oxygen atoms in total. The minimum Gasteiger partial charge on any atom is -0.296 e. The number of halogens is 8. The van der Waals surface area contributed by atoms with Crippen molar-refractivity contribution in [3.05, 3.63) is 0 Å². The molecule has 0 aromatic rings. The maximum absolute atomic E-state index is 12.2. The average Bonchev–Trinajstić information content (AvgIpc) is 2.01. The smallest absolute Gasteiger partial charge is 0.296 e. The van der Waals surface area contributed by atoms with Crippen molar-refractivity contribution in [2.75, 3.05) is 0 Å². The van der Waals surface area contributed by atoms with Crippen LogP contribution in [0, 0.1) is 0 Å². The molecule has 0 rings (SSSR count). The summed E-state index contributed by atoms with van der Waals surface area (Å²) in [5.41, 5.74) is 3.79. The molecule has 0 heterocycles. The van der Waals surface area contributed by atoms with Crippen molar-refractivity contribution in [2.24, 2.45) is 5.73 Å². The Kier molecular flexibility index (Phi) is 3.71. The first-order chi connectivity index (χ1) is 6.05. The second-order valence-corrected chi connectivity index (χ2v) is 2.38. The zero-order valence-electron chi connectivity index (χ0n) is 6.33. The fraction of sp³-hybridized carbons (Fsp3) is 1.00. The van der Waals surface area contributed by atoms with E-state index in [0.29, 0.717) is 0 Å². The van der Waals surface area contributed by atoms with Gasteiger partial charge in [-0.3, -0.25) is 5.73 Å². The highest BCUT2D eigenvalue weighted by molar-refractivity contribution is 4.95. The topological polar surface area (TPSA) is 26.0 Å². The van der Waals surface area contributed by atoms with Crippen LogP contribution in [0.2, 0.25) is 0 Å². The van der Waals surface area contributed by atoms with Gasteiger partial charge in [0.2, 0.25) is 12.5 Å². The fourth-order valence-corrected chi connectivity index (χ4v) is 0.526. The lowest BCUT2D eigenvalue weighted by Crippen LogP contribution is -2.57. The van der Waals surface area contributed by atoms with E-state index in [2.05, 4.69) is 5.73 Å². The summed E-state index contributed by atoms with van der Waals surface area (Å²) in [4.78, 5) is 0. The second kappa shape index (κ2) is 3.87. The van der Waals surface area contributed by atoms with Crippen LogP contribution in [0.5, 0.6) is 0 Å². The molecule has 2 unspecified atom stereocenters. The predicted molar refractivity (Wildman–Crippen MR) is 29.9 cm³/mol. The van der Waals surface area contributed by atoms with Crippen LogP contribution in [0.3, 0.4) is 0 Å². The molecule has 2 atom stereocenters. The van der Waals surface area contributed by atoms with E-state index in [-0.39, 0.29) is 0 Å². The van der Waals surface area contributed by atoms with Crippen LogP contribution in [0.4, 0.5) is 35.1 Å². The van der Waals surface area contributed by atoms with Gasteiger partial charge in [-0.2, -0.15) is 17.6 Å². The van der Waals surface area contributed by atoms with Crippen LogP contribution in [0.15, 0.2) is 0 Å². The lowest BCUT2D eigenvalue weighted by Gasteiger charge is -2.29. The summed E-state index contributed by atoms with van der Waals surface area (Å²) < 4.78 is 95.0. The first-order valence-corrected chi connectivity index (χ1v) is 3.12. The average molecular weight is 231 g/mol. The molecule has 0 aliphatic rings. The second-order valence-electron chi connectivity index (χ2n) is 2.38. The first-order valence-electron chi connectivity index (χ1n) is 3.12. The van der Waals surface area contributed by atoms with E-state index in [1.54, 1.807) is 0 Å². The van der Waals surface area contributed by atoms with Crippen LogP contribution in [-0.2, 0) is 0 Å². The van der Waals surface area contributed by atoms with Crippen molar-refractivity contribution in [1.29, 1.82) is 0 Å². The fourth-order valence-electron chi connectivity index (χ4n) is 0.526. The summed E-state index contributed by atoms with van der Waals surface area (Å²) in [7, 11) is 0. The van der Waals surface area contributed by atoms with E-state index in [9.17, 15) is 35.1 Å². The van der Waals surface area contributed by atoms with Gasteiger partial charge in [-0.05, 0) is 0 Å². The van der Waals surface area contributed by atoms with E-state index in [4.69, 9.17) is 0 Å². The summed E-state index contributed by atoms with van der Waals surface area (Å²) in [6.45, 7) is 0. The van der Waals surface area contributed by atoms with Gasteiger partial charge in [0, 0.05) is 0 Å². The van der Waals surface area contributed by atoms with Crippen LogP contribution < -0.4 is 5.73 Å². The maximum Gasteiger partial charge on any atom is 0.356 e. The molecule has 0 aromatic carbocycles. The molecule has 9 heteroatoms. The van der Waals surface area contributed by atoms with Gasteiger partial charge >= 0.3 is 11.8 Å². The van der Waals surface area contributed by atoms with E-state index < -0.39 is 30.7 Å². The van der Waals surface area contributed by atoms with Crippen LogP contribution in [-0.4, -0.2) is 30.7 Å². The number of alkyl halides is 8. The maximum atomic E-state index is 12.2. The number of hydrogen-bond acceptors (Lipinski definition) is 1. The van der Waals surface area contributed by atoms with E-state index in [1.807, 2.05) is 0 Å². The number of rotatable bonds is 4. The van der Waals surface area contributed by atoms with Crippen molar-refractivity contribution < 1.29 is 35.1 Å². The molecule has 14 heavy (non-hydrogen) atoms. The Morgan fingerprint density at radius 1 is 0.786 bits per heavy atom. The van der Waals surface area contributed by atoms with Crippen LogP contribution >= 0.6 is 0 Å². The van der Waals surface area contributed by atoms with Gasteiger partial charge in [0.05, 0.1) is 0 Å². The molecule has 0 fully saturated rings. The monoisotopic (exact) mass is 231 g/mol. The predicted octanol–water partition coefficient (Wildman–Crippen LogP) is 2.11. The Bertz CT molecular complexity index is 190. The Morgan fingerprint density at radius 3 is 1.36 bits per heavy atom. The summed E-state index contributed by atoms with van der Waals surface area (Å²) in [5.74, 6) is -11.5. The molecule has 0 aliphatic heterocycles. The molecule has 0 saturated heterocycles. The Labute approximate surface area is 72.9 Å². The molecule has 0 amide bonds. The molecule has 2 N–H and O–H groups in total. The number of nitrogens with two attached hydrogens (primary N) is 1. The third kappa shape index (κ3) is 2.07. The third-order valence-electron chi connectivity index (χ3n) is 1.36. The number of hydrogen-bond donors (Lipinski definition) is 1. The normalized spacial score (nSPS) is 18.4. The zero-order valence-corrected chi connectivity index (χ0v) is 6.33. The zero-order chi connectivity index (χ0) is 11.7. The van der Waals surface area contributed by atoms with Crippen molar-refractivity contribution >= 4 is 0 Å². The largest absolute Gasteiger partial charge is 0.356 e. The Morgan fingerprint density at radius 2 is 1.14 bits per heavy atom. The first kappa shape index (κ1) is 13.4. The molecule has 0 spiro atoms. The van der Waals surface area contributed by atoms with E-state index in [1.165, 1.54) is 0 Å². The van der Waals surface area contributed by atoms with Gasteiger partial charge < -0.3 is 0 Å². The quantitative estimate of drug-likeness (QED) is 0.582. The Hall–Kier alpha value is -0.600. The SMILES string of the molecule is NC(F)C(F)(F)C(F)(F)C(F)C(F)F. The highest BCUT2D eigenvalue weighted by Gasteiger charge is 2.67. The standard InChI is InChI=1S/C5H5F8N/c6-1(2(7)8)4(10,11)5(12,13)3(9)14/h1-3H,14H2. The lowest BCUT2D eigenvalue weighted by atomic mass is 10.1. The minimum atomic E-state index is -5.85. The third-order valence-corrected chi connectivity index (χ3v) is 1.36. The van der Waals surface area contributed by atoms with E-state index >= 15 is 0 Å². The highest BCUT2D eigenvalue weighted by atomic mass is 19.3. The van der Waals surface area contributed by atoms with Crippen molar-refractivity contribution in [2.45, 2.75) is 30.7 Å². The lowest BCUT2D eigenvalue weighted by molar-refractivity contribution is -0.277. The van der Waals surface area contributed by atoms with Crippen molar-refractivity contribution in [3.63, 3.8) is 0 Å². The van der Waals surface area contributed by atoms with Crippen LogP contribution in [0.25, 0.3) is 0 Å². The van der Waals surface area contributed by atoms with Crippen LogP contribution in [0.1, 0.15) is 0 Å². The van der Waals surface area contributed by atoms with Crippen molar-refractivity contribution in [3.8, 4) is 0 Å². The summed E-state index contributed by atoms with van der Waals surface area (Å²) >= 11 is 0. The van der Waals surface area contributed by atoms with Gasteiger partial charge in [-0.25, -0.2) is 17.6 Å². The summed E-state index contributed by atoms with van der Waals surface area (Å²) in [6.07, 6.45) is -12.7. The molecule has 86 valence electrons. The molecule has 0 radical (unpaired) electrons.